The van der Waals surface area contributed by atoms with Gasteiger partial charge in [0.05, 0.1) is 5.25 Å². The molecule has 4 heteroatoms. The van der Waals surface area contributed by atoms with E-state index in [0.717, 1.165) is 25.9 Å². The van der Waals surface area contributed by atoms with Gasteiger partial charge in [-0.25, -0.2) is 8.42 Å². The lowest BCUT2D eigenvalue weighted by Gasteiger charge is -2.32. The minimum absolute atomic E-state index is 0.149. The Morgan fingerprint density at radius 1 is 1.24 bits per heavy atom. The average Bonchev–Trinajstić information content (AvgIpc) is 2.28. The van der Waals surface area contributed by atoms with E-state index in [1.165, 1.54) is 17.5 Å². The van der Waals surface area contributed by atoms with E-state index in [1.54, 1.807) is 0 Å². The fourth-order valence-corrected chi connectivity index (χ4v) is 3.43. The number of hydrogen-bond donors (Lipinski definition) is 0. The van der Waals surface area contributed by atoms with Crippen LogP contribution in [0.2, 0.25) is 0 Å². The molecule has 0 aromatic heterocycles. The standard InChI is InChI=1S/C13H19NO2S/c1-11-4-3-5-12(10-11)14-8-6-13(7-9-14)17(2,15)16/h3-5,10,13H,6-9H2,1-2H3. The van der Waals surface area contributed by atoms with Crippen LogP contribution in [-0.4, -0.2) is 33.0 Å². The second-order valence-electron chi connectivity index (χ2n) is 4.85. The van der Waals surface area contributed by atoms with Crippen LogP contribution < -0.4 is 4.90 Å². The van der Waals surface area contributed by atoms with Gasteiger partial charge in [0, 0.05) is 25.0 Å². The molecule has 1 heterocycles. The summed E-state index contributed by atoms with van der Waals surface area (Å²) in [7, 11) is -2.87. The molecule has 1 aliphatic heterocycles. The van der Waals surface area contributed by atoms with Gasteiger partial charge >= 0.3 is 0 Å². The van der Waals surface area contributed by atoms with Crippen molar-refractivity contribution < 1.29 is 8.42 Å². The maximum Gasteiger partial charge on any atom is 0.150 e. The van der Waals surface area contributed by atoms with E-state index in [-0.39, 0.29) is 5.25 Å². The van der Waals surface area contributed by atoms with Crippen molar-refractivity contribution in [2.75, 3.05) is 24.2 Å². The first-order chi connectivity index (χ1) is 7.97. The highest BCUT2D eigenvalue weighted by atomic mass is 32.2. The molecular weight excluding hydrogens is 234 g/mol. The van der Waals surface area contributed by atoms with E-state index >= 15 is 0 Å². The number of anilines is 1. The van der Waals surface area contributed by atoms with Gasteiger partial charge in [-0.3, -0.25) is 0 Å². The van der Waals surface area contributed by atoms with Crippen LogP contribution >= 0.6 is 0 Å². The Hall–Kier alpha value is -1.03. The van der Waals surface area contributed by atoms with Gasteiger partial charge < -0.3 is 4.90 Å². The van der Waals surface area contributed by atoms with E-state index in [4.69, 9.17) is 0 Å². The fraction of sp³-hybridized carbons (Fsp3) is 0.538. The van der Waals surface area contributed by atoms with E-state index in [1.807, 2.05) is 6.07 Å². The Bertz CT molecular complexity index is 488. The molecule has 0 unspecified atom stereocenters. The van der Waals surface area contributed by atoms with E-state index in [0.29, 0.717) is 0 Å². The molecule has 0 atom stereocenters. The minimum atomic E-state index is -2.87. The first kappa shape index (κ1) is 12.4. The normalized spacial score (nSPS) is 18.4. The quantitative estimate of drug-likeness (QED) is 0.809. The SMILES string of the molecule is Cc1cccc(N2CCC(S(C)(=O)=O)CC2)c1. The largest absolute Gasteiger partial charge is 0.371 e. The molecule has 1 aromatic carbocycles. The molecule has 0 radical (unpaired) electrons. The summed E-state index contributed by atoms with van der Waals surface area (Å²) in [6.45, 7) is 3.75. The van der Waals surface area contributed by atoms with Crippen LogP contribution in [0.5, 0.6) is 0 Å². The average molecular weight is 253 g/mol. The van der Waals surface area contributed by atoms with Crippen molar-refractivity contribution in [3.05, 3.63) is 29.8 Å². The monoisotopic (exact) mass is 253 g/mol. The van der Waals surface area contributed by atoms with E-state index < -0.39 is 9.84 Å². The Morgan fingerprint density at radius 2 is 1.88 bits per heavy atom. The molecule has 1 saturated heterocycles. The topological polar surface area (TPSA) is 37.4 Å². The van der Waals surface area contributed by atoms with Gasteiger partial charge in [-0.1, -0.05) is 12.1 Å². The molecule has 1 aromatic rings. The molecule has 0 saturated carbocycles. The second kappa shape index (κ2) is 4.69. The molecule has 1 fully saturated rings. The lowest BCUT2D eigenvalue weighted by atomic mass is 10.1. The lowest BCUT2D eigenvalue weighted by molar-refractivity contribution is 0.534. The number of piperidine rings is 1. The maximum absolute atomic E-state index is 11.5. The van der Waals surface area contributed by atoms with Crippen molar-refractivity contribution in [2.45, 2.75) is 25.0 Å². The minimum Gasteiger partial charge on any atom is -0.371 e. The molecule has 1 aliphatic rings. The second-order valence-corrected chi connectivity index (χ2v) is 7.18. The molecule has 0 aliphatic carbocycles. The first-order valence-corrected chi connectivity index (χ1v) is 7.93. The molecule has 0 N–H and O–H groups in total. The number of nitrogens with zero attached hydrogens (tertiary/aromatic N) is 1. The summed E-state index contributed by atoms with van der Waals surface area (Å²) in [5.74, 6) is 0. The van der Waals surface area contributed by atoms with Crippen molar-refractivity contribution in [1.82, 2.24) is 0 Å². The molecular formula is C13H19NO2S. The third-order valence-electron chi connectivity index (χ3n) is 3.41. The van der Waals surface area contributed by atoms with Crippen molar-refractivity contribution in [1.29, 1.82) is 0 Å². The smallest absolute Gasteiger partial charge is 0.150 e. The van der Waals surface area contributed by atoms with Crippen LogP contribution in [0, 0.1) is 6.92 Å². The Morgan fingerprint density at radius 3 is 2.41 bits per heavy atom. The van der Waals surface area contributed by atoms with Gasteiger partial charge in [-0.05, 0) is 37.5 Å². The van der Waals surface area contributed by atoms with Crippen molar-refractivity contribution in [2.24, 2.45) is 0 Å². The summed E-state index contributed by atoms with van der Waals surface area (Å²) in [5.41, 5.74) is 2.45. The summed E-state index contributed by atoms with van der Waals surface area (Å²) in [5, 5.41) is -0.149. The number of rotatable bonds is 2. The van der Waals surface area contributed by atoms with Gasteiger partial charge in [0.1, 0.15) is 9.84 Å². The van der Waals surface area contributed by atoms with Crippen LogP contribution in [0.25, 0.3) is 0 Å². The molecule has 2 rings (SSSR count). The summed E-state index contributed by atoms with van der Waals surface area (Å²) in [6.07, 6.45) is 2.83. The van der Waals surface area contributed by atoms with Gasteiger partial charge in [0.25, 0.3) is 0 Å². The summed E-state index contributed by atoms with van der Waals surface area (Å²) in [4.78, 5) is 2.27. The predicted molar refractivity (Wildman–Crippen MR) is 71.3 cm³/mol. The third-order valence-corrected chi connectivity index (χ3v) is 5.10. The Balaban J connectivity index is 2.05. The Labute approximate surface area is 103 Å². The van der Waals surface area contributed by atoms with Crippen molar-refractivity contribution >= 4 is 15.5 Å². The summed E-state index contributed by atoms with van der Waals surface area (Å²) >= 11 is 0. The molecule has 17 heavy (non-hydrogen) atoms. The van der Waals surface area contributed by atoms with E-state index in [9.17, 15) is 8.42 Å². The highest BCUT2D eigenvalue weighted by molar-refractivity contribution is 7.91. The van der Waals surface area contributed by atoms with Gasteiger partial charge in [0.15, 0.2) is 0 Å². The number of hydrogen-bond acceptors (Lipinski definition) is 3. The van der Waals surface area contributed by atoms with Crippen LogP contribution in [0.1, 0.15) is 18.4 Å². The number of aryl methyl sites for hydroxylation is 1. The highest BCUT2D eigenvalue weighted by Gasteiger charge is 2.26. The van der Waals surface area contributed by atoms with Crippen molar-refractivity contribution in [3.63, 3.8) is 0 Å². The zero-order valence-electron chi connectivity index (χ0n) is 10.4. The number of sulfone groups is 1. The third kappa shape index (κ3) is 3.00. The molecule has 0 spiro atoms. The summed E-state index contributed by atoms with van der Waals surface area (Å²) < 4.78 is 22.9. The van der Waals surface area contributed by atoms with Crippen molar-refractivity contribution in [3.8, 4) is 0 Å². The van der Waals surface area contributed by atoms with Crippen LogP contribution in [-0.2, 0) is 9.84 Å². The lowest BCUT2D eigenvalue weighted by Crippen LogP contribution is -2.39. The van der Waals surface area contributed by atoms with E-state index in [2.05, 4.69) is 30.0 Å². The van der Waals surface area contributed by atoms with Gasteiger partial charge in [0.2, 0.25) is 0 Å². The molecule has 0 bridgehead atoms. The highest BCUT2D eigenvalue weighted by Crippen LogP contribution is 2.23. The zero-order chi connectivity index (χ0) is 12.5. The van der Waals surface area contributed by atoms with Crippen LogP contribution in [0.3, 0.4) is 0 Å². The Kier molecular flexibility index (Phi) is 3.43. The molecule has 0 amide bonds. The number of benzene rings is 1. The van der Waals surface area contributed by atoms with Gasteiger partial charge in [-0.2, -0.15) is 0 Å². The molecule has 3 nitrogen and oxygen atoms in total. The van der Waals surface area contributed by atoms with Crippen LogP contribution in [0.15, 0.2) is 24.3 Å². The fourth-order valence-electron chi connectivity index (χ4n) is 2.37. The van der Waals surface area contributed by atoms with Crippen LogP contribution in [0.4, 0.5) is 5.69 Å². The zero-order valence-corrected chi connectivity index (χ0v) is 11.2. The predicted octanol–water partition coefficient (Wildman–Crippen LogP) is 2.01. The molecule has 94 valence electrons. The van der Waals surface area contributed by atoms with Gasteiger partial charge in [-0.15, -0.1) is 0 Å². The summed E-state index contributed by atoms with van der Waals surface area (Å²) in [6, 6.07) is 8.37. The maximum atomic E-state index is 11.5. The first-order valence-electron chi connectivity index (χ1n) is 5.97.